The third-order valence-electron chi connectivity index (χ3n) is 2.96. The number of aromatic nitrogens is 1. The Kier molecular flexibility index (Phi) is 5.81. The van der Waals surface area contributed by atoms with E-state index in [0.29, 0.717) is 0 Å². The van der Waals surface area contributed by atoms with E-state index in [0.717, 1.165) is 0 Å². The predicted octanol–water partition coefficient (Wildman–Crippen LogP) is -1.13. The van der Waals surface area contributed by atoms with Gasteiger partial charge in [-0.25, -0.2) is 18.6 Å². The van der Waals surface area contributed by atoms with Crippen LogP contribution in [0.4, 0.5) is 0 Å². The molecule has 0 fully saturated rings. The molecule has 0 amide bonds. The minimum atomic E-state index is -4.94. The molecule has 5 nitrogen and oxygen atoms in total. The molecular formula is C17H14ClNO4. The number of pyridine rings is 1. The van der Waals surface area contributed by atoms with Gasteiger partial charge in [0, 0.05) is 29.8 Å². The fourth-order valence-corrected chi connectivity index (χ4v) is 2.10. The average molecular weight is 332 g/mol. The van der Waals surface area contributed by atoms with Crippen molar-refractivity contribution in [2.24, 2.45) is 0 Å². The average Bonchev–Trinajstić information content (AvgIpc) is 2.55. The fourth-order valence-electron chi connectivity index (χ4n) is 2.10. The molecule has 0 atom stereocenters. The molecule has 0 N–H and O–H groups in total. The molecule has 118 valence electrons. The molecule has 0 saturated heterocycles. The maximum atomic E-state index is 8.49. The quantitative estimate of drug-likeness (QED) is 0.555. The first-order valence-corrected chi connectivity index (χ1v) is 7.92. The van der Waals surface area contributed by atoms with E-state index in [9.17, 15) is 0 Å². The summed E-state index contributed by atoms with van der Waals surface area (Å²) < 4.78 is 36.2. The number of nitrogens with zero attached hydrogens (tertiary/aromatic N) is 1. The summed E-state index contributed by atoms with van der Waals surface area (Å²) in [6, 6.07) is 27.1. The molecule has 0 unspecified atom stereocenters. The lowest BCUT2D eigenvalue weighted by atomic mass is 10.1. The van der Waals surface area contributed by atoms with E-state index in [2.05, 4.69) is 77.5 Å². The molecule has 0 aliphatic rings. The van der Waals surface area contributed by atoms with Gasteiger partial charge in [-0.05, 0) is 18.2 Å². The van der Waals surface area contributed by atoms with Crippen molar-refractivity contribution in [3.8, 4) is 16.9 Å². The second-order valence-electron chi connectivity index (χ2n) is 4.54. The molecule has 1 heterocycles. The van der Waals surface area contributed by atoms with Crippen molar-refractivity contribution in [2.75, 3.05) is 0 Å². The second-order valence-corrected chi connectivity index (χ2v) is 5.29. The number of hydrogen-bond donors (Lipinski definition) is 0. The topological polar surface area (TPSA) is 96.1 Å². The molecule has 0 saturated carbocycles. The summed E-state index contributed by atoms with van der Waals surface area (Å²) in [6.45, 7) is 0. The Labute approximate surface area is 136 Å². The van der Waals surface area contributed by atoms with Gasteiger partial charge < -0.3 is 0 Å². The normalized spacial score (nSPS) is 10.6. The summed E-state index contributed by atoms with van der Waals surface area (Å²) in [5, 5.41) is 0. The third kappa shape index (κ3) is 5.78. The van der Waals surface area contributed by atoms with E-state index in [1.165, 1.54) is 16.9 Å². The first kappa shape index (κ1) is 17.1. The van der Waals surface area contributed by atoms with Crippen LogP contribution in [0.5, 0.6) is 0 Å². The standard InChI is InChI=1S/C17H14N.ClHO4/c1-3-9-15(10-4-1)17-13-7-8-14-18(17)16-11-5-2-6-12-16;2-1(3,4)5/h1-14H;(H,2,3,4,5)/q+1;/p-1. The van der Waals surface area contributed by atoms with Crippen molar-refractivity contribution in [3.63, 3.8) is 0 Å². The van der Waals surface area contributed by atoms with Gasteiger partial charge in [0.05, 0.1) is 0 Å². The van der Waals surface area contributed by atoms with Gasteiger partial charge in [0.2, 0.25) is 11.4 Å². The fraction of sp³-hybridized carbons (Fsp3) is 0. The molecule has 0 spiro atoms. The minimum Gasteiger partial charge on any atom is -0.222 e. The van der Waals surface area contributed by atoms with Crippen LogP contribution in [0.15, 0.2) is 85.1 Å². The summed E-state index contributed by atoms with van der Waals surface area (Å²) >= 11 is 0. The molecule has 0 radical (unpaired) electrons. The molecule has 2 aromatic carbocycles. The summed E-state index contributed by atoms with van der Waals surface area (Å²) in [5.74, 6) is 0. The number of halogens is 1. The molecule has 6 heteroatoms. The summed E-state index contributed by atoms with van der Waals surface area (Å²) in [7, 11) is -4.94. The molecule has 23 heavy (non-hydrogen) atoms. The van der Waals surface area contributed by atoms with Crippen LogP contribution in [-0.2, 0) is 0 Å². The van der Waals surface area contributed by atoms with Gasteiger partial charge in [0.25, 0.3) is 0 Å². The number of benzene rings is 2. The van der Waals surface area contributed by atoms with E-state index in [-0.39, 0.29) is 0 Å². The van der Waals surface area contributed by atoms with E-state index in [1.807, 2.05) is 12.1 Å². The van der Waals surface area contributed by atoms with E-state index in [1.54, 1.807) is 0 Å². The maximum absolute atomic E-state index is 8.49. The van der Waals surface area contributed by atoms with E-state index >= 15 is 0 Å². The Morgan fingerprint density at radius 1 is 0.609 bits per heavy atom. The zero-order valence-corrected chi connectivity index (χ0v) is 12.8. The van der Waals surface area contributed by atoms with Gasteiger partial charge in [-0.3, -0.25) is 0 Å². The van der Waals surface area contributed by atoms with Crippen LogP contribution < -0.4 is 23.2 Å². The van der Waals surface area contributed by atoms with Crippen molar-refractivity contribution >= 4 is 0 Å². The highest BCUT2D eigenvalue weighted by atomic mass is 35.7. The molecule has 0 bridgehead atoms. The zero-order valence-electron chi connectivity index (χ0n) is 12.0. The van der Waals surface area contributed by atoms with Gasteiger partial charge in [-0.15, -0.1) is 10.2 Å². The smallest absolute Gasteiger partial charge is 0.218 e. The van der Waals surface area contributed by atoms with Crippen LogP contribution in [0.3, 0.4) is 0 Å². The highest BCUT2D eigenvalue weighted by Crippen LogP contribution is 2.15. The lowest BCUT2D eigenvalue weighted by molar-refractivity contribution is -2.00. The van der Waals surface area contributed by atoms with Crippen molar-refractivity contribution in [3.05, 3.63) is 85.1 Å². The Bertz CT molecular complexity index is 666. The Morgan fingerprint density at radius 2 is 1.09 bits per heavy atom. The highest BCUT2D eigenvalue weighted by Gasteiger charge is 2.13. The minimum absolute atomic E-state index is 1.18. The largest absolute Gasteiger partial charge is 0.222 e. The lowest BCUT2D eigenvalue weighted by Gasteiger charge is -2.17. The van der Waals surface area contributed by atoms with Crippen molar-refractivity contribution in [1.82, 2.24) is 0 Å². The summed E-state index contributed by atoms with van der Waals surface area (Å²) in [5.41, 5.74) is 3.60. The first-order chi connectivity index (χ1) is 10.9. The molecule has 1 aromatic heterocycles. The van der Waals surface area contributed by atoms with Gasteiger partial charge in [0.1, 0.15) is 0 Å². The van der Waals surface area contributed by atoms with Crippen molar-refractivity contribution < 1.29 is 33.4 Å². The predicted molar refractivity (Wildman–Crippen MR) is 73.4 cm³/mol. The van der Waals surface area contributed by atoms with Crippen LogP contribution in [0, 0.1) is 10.2 Å². The molecule has 3 rings (SSSR count). The molecular weight excluding hydrogens is 318 g/mol. The number of para-hydroxylation sites is 1. The van der Waals surface area contributed by atoms with Gasteiger partial charge >= 0.3 is 0 Å². The molecule has 3 aromatic rings. The van der Waals surface area contributed by atoms with Crippen LogP contribution >= 0.6 is 0 Å². The van der Waals surface area contributed by atoms with Crippen LogP contribution in [0.2, 0.25) is 0 Å². The number of hydrogen-bond acceptors (Lipinski definition) is 4. The second kappa shape index (κ2) is 7.82. The van der Waals surface area contributed by atoms with E-state index in [4.69, 9.17) is 18.6 Å². The Hall–Kier alpha value is -2.28. The maximum Gasteiger partial charge on any atom is 0.218 e. The van der Waals surface area contributed by atoms with E-state index < -0.39 is 10.2 Å². The Morgan fingerprint density at radius 3 is 1.65 bits per heavy atom. The summed E-state index contributed by atoms with van der Waals surface area (Å²) in [6.07, 6.45) is 2.09. The molecule has 0 aliphatic heterocycles. The number of rotatable bonds is 2. The summed E-state index contributed by atoms with van der Waals surface area (Å²) in [4.78, 5) is 0. The van der Waals surface area contributed by atoms with Crippen molar-refractivity contribution in [2.45, 2.75) is 0 Å². The highest BCUT2D eigenvalue weighted by molar-refractivity contribution is 5.56. The first-order valence-electron chi connectivity index (χ1n) is 6.68. The van der Waals surface area contributed by atoms with Gasteiger partial charge in [-0.2, -0.15) is 4.57 Å². The van der Waals surface area contributed by atoms with Crippen LogP contribution in [-0.4, -0.2) is 0 Å². The zero-order chi connectivity index (χ0) is 16.7. The van der Waals surface area contributed by atoms with Crippen molar-refractivity contribution in [1.29, 1.82) is 0 Å². The SMILES string of the molecule is [O-][Cl+3]([O-])([O-])[O-].c1ccc(-c2cccc[n+]2-c2ccccc2)cc1. The van der Waals surface area contributed by atoms with Gasteiger partial charge in [0.15, 0.2) is 6.20 Å². The van der Waals surface area contributed by atoms with Gasteiger partial charge in [-0.1, -0.05) is 36.4 Å². The molecule has 0 aliphatic carbocycles. The Balaban J connectivity index is 0.000000338. The third-order valence-corrected chi connectivity index (χ3v) is 2.96. The van der Waals surface area contributed by atoms with Crippen LogP contribution in [0.1, 0.15) is 0 Å². The van der Waals surface area contributed by atoms with Crippen LogP contribution in [0.25, 0.3) is 16.9 Å². The lowest BCUT2D eigenvalue weighted by Crippen LogP contribution is -2.68. The monoisotopic (exact) mass is 331 g/mol.